The van der Waals surface area contributed by atoms with Gasteiger partial charge >= 0.3 is 5.97 Å². The van der Waals surface area contributed by atoms with E-state index in [1.165, 1.54) is 24.3 Å². The van der Waals surface area contributed by atoms with Crippen LogP contribution in [0.1, 0.15) is 23.3 Å². The number of carbonyl (C=O) groups excluding carboxylic acids is 1. The molecule has 0 spiro atoms. The van der Waals surface area contributed by atoms with Crippen molar-refractivity contribution in [1.29, 1.82) is 0 Å². The van der Waals surface area contributed by atoms with E-state index in [2.05, 4.69) is 10.3 Å². The zero-order valence-corrected chi connectivity index (χ0v) is 9.87. The van der Waals surface area contributed by atoms with Gasteiger partial charge in [-0.1, -0.05) is 0 Å². The predicted octanol–water partition coefficient (Wildman–Crippen LogP) is 1.65. The first kappa shape index (κ1) is 11.7. The molecule has 0 atom stereocenters. The van der Waals surface area contributed by atoms with Crippen LogP contribution >= 0.6 is 0 Å². The van der Waals surface area contributed by atoms with Crippen molar-refractivity contribution < 1.29 is 19.1 Å². The van der Waals surface area contributed by atoms with Gasteiger partial charge < -0.3 is 15.4 Å². The molecule has 2 aromatic rings. The van der Waals surface area contributed by atoms with Crippen molar-refractivity contribution in [3.8, 4) is 0 Å². The molecule has 98 valence electrons. The molecule has 1 aliphatic carbocycles. The number of aromatic amines is 1. The van der Waals surface area contributed by atoms with E-state index in [1.54, 1.807) is 0 Å². The van der Waals surface area contributed by atoms with Crippen LogP contribution in [-0.4, -0.2) is 27.5 Å². The minimum atomic E-state index is -1.13. The second-order valence-electron chi connectivity index (χ2n) is 4.76. The number of aromatic nitrogens is 1. The molecule has 3 rings (SSSR count). The van der Waals surface area contributed by atoms with E-state index < -0.39 is 17.4 Å². The number of fused-ring (bicyclic) bond motifs is 1. The molecule has 0 bridgehead atoms. The van der Waals surface area contributed by atoms with Gasteiger partial charge in [0, 0.05) is 10.9 Å². The second-order valence-corrected chi connectivity index (χ2v) is 4.76. The van der Waals surface area contributed by atoms with E-state index in [0.717, 1.165) is 0 Å². The summed E-state index contributed by atoms with van der Waals surface area (Å²) < 4.78 is 13.0. The summed E-state index contributed by atoms with van der Waals surface area (Å²) in [6.45, 7) is 0. The molecule has 0 aliphatic heterocycles. The fourth-order valence-corrected chi connectivity index (χ4v) is 2.03. The first-order chi connectivity index (χ1) is 9.00. The zero-order valence-electron chi connectivity index (χ0n) is 9.87. The van der Waals surface area contributed by atoms with Crippen LogP contribution in [0.4, 0.5) is 4.39 Å². The largest absolute Gasteiger partial charge is 0.480 e. The molecule has 1 aromatic carbocycles. The van der Waals surface area contributed by atoms with Crippen LogP contribution in [0.2, 0.25) is 0 Å². The number of aliphatic carboxylic acids is 1. The smallest absolute Gasteiger partial charge is 0.329 e. The maximum atomic E-state index is 13.0. The molecular formula is C13H11FN2O3. The lowest BCUT2D eigenvalue weighted by Crippen LogP contribution is -2.43. The molecule has 0 radical (unpaired) electrons. The van der Waals surface area contributed by atoms with Crippen molar-refractivity contribution in [2.75, 3.05) is 0 Å². The Morgan fingerprint density at radius 1 is 1.32 bits per heavy atom. The lowest BCUT2D eigenvalue weighted by atomic mass is 10.2. The van der Waals surface area contributed by atoms with Gasteiger partial charge in [0.15, 0.2) is 0 Å². The van der Waals surface area contributed by atoms with Crippen molar-refractivity contribution >= 4 is 22.8 Å². The summed E-state index contributed by atoms with van der Waals surface area (Å²) in [6, 6.07) is 5.64. The van der Waals surface area contributed by atoms with Gasteiger partial charge in [0.1, 0.15) is 17.1 Å². The van der Waals surface area contributed by atoms with Gasteiger partial charge in [-0.05, 0) is 37.1 Å². The fraction of sp³-hybridized carbons (Fsp3) is 0.231. The number of carbonyl (C=O) groups is 2. The molecule has 1 heterocycles. The van der Waals surface area contributed by atoms with E-state index in [0.29, 0.717) is 23.7 Å². The molecular weight excluding hydrogens is 251 g/mol. The molecule has 0 unspecified atom stereocenters. The Hall–Kier alpha value is -2.37. The molecule has 1 amide bonds. The first-order valence-electron chi connectivity index (χ1n) is 5.84. The average Bonchev–Trinajstić information content (AvgIpc) is 3.01. The lowest BCUT2D eigenvalue weighted by molar-refractivity contribution is -0.140. The molecule has 1 aliphatic rings. The third kappa shape index (κ3) is 1.95. The molecule has 0 saturated heterocycles. The van der Waals surface area contributed by atoms with Gasteiger partial charge in [0.25, 0.3) is 5.91 Å². The third-order valence-electron chi connectivity index (χ3n) is 3.34. The highest BCUT2D eigenvalue weighted by Gasteiger charge is 2.51. The maximum absolute atomic E-state index is 13.0. The number of benzene rings is 1. The van der Waals surface area contributed by atoms with Crippen molar-refractivity contribution in [2.45, 2.75) is 18.4 Å². The van der Waals surface area contributed by atoms with E-state index in [-0.39, 0.29) is 11.5 Å². The molecule has 3 N–H and O–H groups in total. The molecule has 5 nitrogen and oxygen atoms in total. The van der Waals surface area contributed by atoms with E-state index >= 15 is 0 Å². The minimum absolute atomic E-state index is 0.230. The number of carboxylic acids is 1. The van der Waals surface area contributed by atoms with Gasteiger partial charge in [-0.15, -0.1) is 0 Å². The highest BCUT2D eigenvalue weighted by molar-refractivity contribution is 6.01. The van der Waals surface area contributed by atoms with Crippen LogP contribution in [0.15, 0.2) is 24.3 Å². The van der Waals surface area contributed by atoms with E-state index in [9.17, 15) is 14.0 Å². The normalized spacial score (nSPS) is 16.3. The SMILES string of the molecule is O=C(NC1(C(=O)O)CC1)c1cc2cc(F)ccc2[nH]1. The van der Waals surface area contributed by atoms with E-state index in [4.69, 9.17) is 5.11 Å². The summed E-state index contributed by atoms with van der Waals surface area (Å²) in [7, 11) is 0. The standard InChI is InChI=1S/C13H11FN2O3/c14-8-1-2-9-7(5-8)6-10(15-9)11(17)16-13(3-4-13)12(18)19/h1-2,5-6,15H,3-4H2,(H,16,17)(H,18,19). The van der Waals surface area contributed by atoms with Crippen molar-refractivity contribution in [3.63, 3.8) is 0 Å². The Bertz CT molecular complexity index is 688. The Morgan fingerprint density at radius 2 is 2.05 bits per heavy atom. The van der Waals surface area contributed by atoms with Crippen LogP contribution < -0.4 is 5.32 Å². The topological polar surface area (TPSA) is 82.2 Å². The summed E-state index contributed by atoms with van der Waals surface area (Å²) in [5, 5.41) is 12.1. The molecule has 1 saturated carbocycles. The van der Waals surface area contributed by atoms with Crippen LogP contribution in [0, 0.1) is 5.82 Å². The number of hydrogen-bond donors (Lipinski definition) is 3. The molecule has 1 aromatic heterocycles. The van der Waals surface area contributed by atoms with Gasteiger partial charge in [-0.25, -0.2) is 9.18 Å². The Kier molecular flexibility index (Phi) is 2.35. The zero-order chi connectivity index (χ0) is 13.6. The van der Waals surface area contributed by atoms with Gasteiger partial charge in [-0.3, -0.25) is 4.79 Å². The summed E-state index contributed by atoms with van der Waals surface area (Å²) in [5.74, 6) is -1.90. The number of amides is 1. The lowest BCUT2D eigenvalue weighted by Gasteiger charge is -2.10. The van der Waals surface area contributed by atoms with E-state index in [1.807, 2.05) is 0 Å². The van der Waals surface area contributed by atoms with Gasteiger partial charge in [0.05, 0.1) is 0 Å². The molecule has 6 heteroatoms. The Labute approximate surface area is 107 Å². The average molecular weight is 262 g/mol. The number of rotatable bonds is 3. The molecule has 1 fully saturated rings. The number of H-pyrrole nitrogens is 1. The number of hydrogen-bond acceptors (Lipinski definition) is 2. The molecule has 19 heavy (non-hydrogen) atoms. The minimum Gasteiger partial charge on any atom is -0.480 e. The van der Waals surface area contributed by atoms with Crippen LogP contribution in [0.5, 0.6) is 0 Å². The summed E-state index contributed by atoms with van der Waals surface area (Å²) in [6.07, 6.45) is 0.867. The summed E-state index contributed by atoms with van der Waals surface area (Å²) >= 11 is 0. The van der Waals surface area contributed by atoms with Crippen molar-refractivity contribution in [2.24, 2.45) is 0 Å². The highest BCUT2D eigenvalue weighted by Crippen LogP contribution is 2.35. The number of nitrogens with one attached hydrogen (secondary N) is 2. The maximum Gasteiger partial charge on any atom is 0.329 e. The third-order valence-corrected chi connectivity index (χ3v) is 3.34. The fourth-order valence-electron chi connectivity index (χ4n) is 2.03. The summed E-state index contributed by atoms with van der Waals surface area (Å²) in [4.78, 5) is 25.8. The van der Waals surface area contributed by atoms with Crippen LogP contribution in [0.3, 0.4) is 0 Å². The summed E-state index contributed by atoms with van der Waals surface area (Å²) in [5.41, 5.74) is -0.264. The van der Waals surface area contributed by atoms with Gasteiger partial charge in [-0.2, -0.15) is 0 Å². The predicted molar refractivity (Wildman–Crippen MR) is 65.3 cm³/mol. The Morgan fingerprint density at radius 3 is 2.68 bits per heavy atom. The van der Waals surface area contributed by atoms with Crippen LogP contribution in [-0.2, 0) is 4.79 Å². The number of carboxylic acid groups (broad SMARTS) is 1. The first-order valence-corrected chi connectivity index (χ1v) is 5.84. The quantitative estimate of drug-likeness (QED) is 0.786. The van der Waals surface area contributed by atoms with Crippen LogP contribution in [0.25, 0.3) is 10.9 Å². The highest BCUT2D eigenvalue weighted by atomic mass is 19.1. The number of halogens is 1. The van der Waals surface area contributed by atoms with Crippen molar-refractivity contribution in [1.82, 2.24) is 10.3 Å². The van der Waals surface area contributed by atoms with Crippen molar-refractivity contribution in [3.05, 3.63) is 35.8 Å². The monoisotopic (exact) mass is 262 g/mol. The second kappa shape index (κ2) is 3.81. The van der Waals surface area contributed by atoms with Gasteiger partial charge in [0.2, 0.25) is 0 Å². The Balaban J connectivity index is 1.88.